The second-order valence-electron chi connectivity index (χ2n) is 6.66. The molecule has 3 aromatic heterocycles. The summed E-state index contributed by atoms with van der Waals surface area (Å²) in [5, 5.41) is 4.09. The maximum Gasteiger partial charge on any atom is 0.253 e. The predicted octanol–water partition coefficient (Wildman–Crippen LogP) is 3.52. The SMILES string of the molecule is Cn1c(-c2cc(-c3cc4c([nH]3)CCNC4=O)ccn2)cc2ccccc21. The first-order valence-corrected chi connectivity index (χ1v) is 8.72. The fourth-order valence-electron chi connectivity index (χ4n) is 3.72. The highest BCUT2D eigenvalue weighted by atomic mass is 16.1. The number of para-hydroxylation sites is 1. The van der Waals surface area contributed by atoms with Crippen LogP contribution in [0.25, 0.3) is 33.5 Å². The molecule has 0 saturated heterocycles. The van der Waals surface area contributed by atoms with E-state index in [1.165, 1.54) is 10.9 Å². The van der Waals surface area contributed by atoms with Crippen molar-refractivity contribution in [2.45, 2.75) is 6.42 Å². The molecule has 0 saturated carbocycles. The van der Waals surface area contributed by atoms with Crippen molar-refractivity contribution in [3.05, 3.63) is 66.0 Å². The summed E-state index contributed by atoms with van der Waals surface area (Å²) in [6.07, 6.45) is 2.66. The van der Waals surface area contributed by atoms with E-state index in [0.717, 1.165) is 40.3 Å². The summed E-state index contributed by atoms with van der Waals surface area (Å²) in [5.74, 6) is -0.00304. The normalized spacial score (nSPS) is 13.7. The maximum atomic E-state index is 12.0. The van der Waals surface area contributed by atoms with Gasteiger partial charge in [0.15, 0.2) is 0 Å². The van der Waals surface area contributed by atoms with Gasteiger partial charge < -0.3 is 14.9 Å². The van der Waals surface area contributed by atoms with Crippen molar-refractivity contribution < 1.29 is 4.79 Å². The summed E-state index contributed by atoms with van der Waals surface area (Å²) in [5.41, 5.74) is 6.90. The zero-order valence-electron chi connectivity index (χ0n) is 14.4. The smallest absolute Gasteiger partial charge is 0.253 e. The second kappa shape index (κ2) is 5.59. The van der Waals surface area contributed by atoms with Gasteiger partial charge in [0.05, 0.1) is 17.0 Å². The largest absolute Gasteiger partial charge is 0.358 e. The van der Waals surface area contributed by atoms with E-state index in [9.17, 15) is 4.79 Å². The summed E-state index contributed by atoms with van der Waals surface area (Å²) < 4.78 is 2.16. The van der Waals surface area contributed by atoms with E-state index in [1.807, 2.05) is 30.5 Å². The Balaban J connectivity index is 1.61. The van der Waals surface area contributed by atoms with Crippen molar-refractivity contribution in [1.29, 1.82) is 0 Å². The number of rotatable bonds is 2. The molecule has 0 aliphatic carbocycles. The topological polar surface area (TPSA) is 62.7 Å². The lowest BCUT2D eigenvalue weighted by molar-refractivity contribution is 0.0946. The number of amides is 1. The molecule has 5 heteroatoms. The number of carbonyl (C=O) groups excluding carboxylic acids is 1. The quantitative estimate of drug-likeness (QED) is 0.585. The van der Waals surface area contributed by atoms with E-state index in [1.54, 1.807) is 0 Å². The van der Waals surface area contributed by atoms with Gasteiger partial charge in [0.1, 0.15) is 0 Å². The molecule has 4 heterocycles. The fraction of sp³-hybridized carbons (Fsp3) is 0.143. The number of hydrogen-bond donors (Lipinski definition) is 2. The highest BCUT2D eigenvalue weighted by Gasteiger charge is 2.20. The molecule has 1 aromatic carbocycles. The van der Waals surface area contributed by atoms with Crippen molar-refractivity contribution in [2.75, 3.05) is 6.54 Å². The van der Waals surface area contributed by atoms with Crippen LogP contribution in [0.5, 0.6) is 0 Å². The van der Waals surface area contributed by atoms with Crippen LogP contribution < -0.4 is 5.32 Å². The van der Waals surface area contributed by atoms with Crippen LogP contribution in [0.2, 0.25) is 0 Å². The van der Waals surface area contributed by atoms with Crippen LogP contribution in [0, 0.1) is 0 Å². The summed E-state index contributed by atoms with van der Waals surface area (Å²) in [6.45, 7) is 0.684. The number of aromatic nitrogens is 3. The highest BCUT2D eigenvalue weighted by Crippen LogP contribution is 2.29. The van der Waals surface area contributed by atoms with Gasteiger partial charge in [0.2, 0.25) is 0 Å². The van der Waals surface area contributed by atoms with E-state index < -0.39 is 0 Å². The molecule has 5 rings (SSSR count). The van der Waals surface area contributed by atoms with E-state index in [-0.39, 0.29) is 5.91 Å². The predicted molar refractivity (Wildman–Crippen MR) is 102 cm³/mol. The number of aromatic amines is 1. The molecule has 1 aliphatic heterocycles. The third-order valence-electron chi connectivity index (χ3n) is 5.09. The van der Waals surface area contributed by atoms with Crippen molar-refractivity contribution in [3.8, 4) is 22.6 Å². The van der Waals surface area contributed by atoms with Gasteiger partial charge >= 0.3 is 0 Å². The van der Waals surface area contributed by atoms with Gasteiger partial charge in [0, 0.05) is 54.1 Å². The van der Waals surface area contributed by atoms with Crippen LogP contribution in [0.3, 0.4) is 0 Å². The monoisotopic (exact) mass is 342 g/mol. The molecule has 26 heavy (non-hydrogen) atoms. The number of hydrogen-bond acceptors (Lipinski definition) is 2. The van der Waals surface area contributed by atoms with Crippen LogP contribution >= 0.6 is 0 Å². The van der Waals surface area contributed by atoms with E-state index in [4.69, 9.17) is 0 Å². The van der Waals surface area contributed by atoms with E-state index in [2.05, 4.69) is 51.2 Å². The molecular weight excluding hydrogens is 324 g/mol. The molecule has 0 unspecified atom stereocenters. The minimum absolute atomic E-state index is 0.00304. The molecule has 4 aromatic rings. The molecule has 1 amide bonds. The number of fused-ring (bicyclic) bond motifs is 2. The van der Waals surface area contributed by atoms with Gasteiger partial charge in [-0.1, -0.05) is 18.2 Å². The first kappa shape index (κ1) is 15.0. The van der Waals surface area contributed by atoms with E-state index in [0.29, 0.717) is 6.54 Å². The Morgan fingerprint density at radius 2 is 2.00 bits per heavy atom. The van der Waals surface area contributed by atoms with Crippen LogP contribution in [0.1, 0.15) is 16.1 Å². The van der Waals surface area contributed by atoms with Gasteiger partial charge in [-0.05, 0) is 30.3 Å². The Labute approximate surface area is 150 Å². The third kappa shape index (κ3) is 2.24. The van der Waals surface area contributed by atoms with Crippen molar-refractivity contribution in [1.82, 2.24) is 19.9 Å². The van der Waals surface area contributed by atoms with Gasteiger partial charge in [0.25, 0.3) is 5.91 Å². The van der Waals surface area contributed by atoms with Crippen LogP contribution in [0.4, 0.5) is 0 Å². The molecule has 128 valence electrons. The molecule has 0 bridgehead atoms. The second-order valence-corrected chi connectivity index (χ2v) is 6.66. The summed E-state index contributed by atoms with van der Waals surface area (Å²) >= 11 is 0. The van der Waals surface area contributed by atoms with Gasteiger partial charge in [-0.25, -0.2) is 0 Å². The first-order chi connectivity index (χ1) is 12.7. The molecule has 0 fully saturated rings. The molecule has 2 N–H and O–H groups in total. The Hall–Kier alpha value is -3.34. The van der Waals surface area contributed by atoms with Crippen molar-refractivity contribution >= 4 is 16.8 Å². The number of nitrogens with zero attached hydrogens (tertiary/aromatic N) is 2. The highest BCUT2D eigenvalue weighted by molar-refractivity contribution is 5.98. The number of aryl methyl sites for hydroxylation is 1. The Bertz CT molecular complexity index is 1150. The summed E-state index contributed by atoms with van der Waals surface area (Å²) in [4.78, 5) is 20.0. The number of nitrogens with one attached hydrogen (secondary N) is 2. The fourth-order valence-corrected chi connectivity index (χ4v) is 3.72. The molecule has 0 atom stereocenters. The minimum Gasteiger partial charge on any atom is -0.358 e. The lowest BCUT2D eigenvalue weighted by Gasteiger charge is -2.11. The Morgan fingerprint density at radius 1 is 1.12 bits per heavy atom. The summed E-state index contributed by atoms with van der Waals surface area (Å²) in [7, 11) is 2.06. The Kier molecular flexibility index (Phi) is 3.22. The standard InChI is InChI=1S/C21H18N4O/c1-25-19-5-3-2-4-14(19)11-20(25)18-10-13(6-8-22-18)17-12-15-16(24-17)7-9-23-21(15)26/h2-6,8,10-12,24H,7,9H2,1H3,(H,23,26). The first-order valence-electron chi connectivity index (χ1n) is 8.72. The Morgan fingerprint density at radius 3 is 2.85 bits per heavy atom. The molecule has 1 aliphatic rings. The number of benzene rings is 1. The summed E-state index contributed by atoms with van der Waals surface area (Å²) in [6, 6.07) is 16.5. The van der Waals surface area contributed by atoms with Crippen molar-refractivity contribution in [3.63, 3.8) is 0 Å². The zero-order valence-corrected chi connectivity index (χ0v) is 14.4. The van der Waals surface area contributed by atoms with Crippen LogP contribution in [-0.2, 0) is 13.5 Å². The number of pyridine rings is 1. The lowest BCUT2D eigenvalue weighted by Crippen LogP contribution is -2.31. The average Bonchev–Trinajstić information content (AvgIpc) is 3.25. The molecule has 0 spiro atoms. The number of carbonyl (C=O) groups is 1. The third-order valence-corrected chi connectivity index (χ3v) is 5.09. The van der Waals surface area contributed by atoms with Gasteiger partial charge in [-0.15, -0.1) is 0 Å². The minimum atomic E-state index is -0.00304. The van der Waals surface area contributed by atoms with Crippen molar-refractivity contribution in [2.24, 2.45) is 7.05 Å². The van der Waals surface area contributed by atoms with E-state index >= 15 is 0 Å². The van der Waals surface area contributed by atoms with Crippen LogP contribution in [0.15, 0.2) is 54.7 Å². The van der Waals surface area contributed by atoms with Gasteiger partial charge in [-0.3, -0.25) is 9.78 Å². The van der Waals surface area contributed by atoms with Crippen LogP contribution in [-0.4, -0.2) is 27.0 Å². The molecule has 5 nitrogen and oxygen atoms in total. The lowest BCUT2D eigenvalue weighted by atomic mass is 10.1. The molecule has 0 radical (unpaired) electrons. The average molecular weight is 342 g/mol. The zero-order chi connectivity index (χ0) is 17.7. The maximum absolute atomic E-state index is 12.0. The molecular formula is C21H18N4O. The van der Waals surface area contributed by atoms with Gasteiger partial charge in [-0.2, -0.15) is 0 Å². The number of H-pyrrole nitrogens is 1.